The molecule has 0 bridgehead atoms. The maximum Gasteiger partial charge on any atom is 0.306 e. The zero-order valence-corrected chi connectivity index (χ0v) is 44.8. The minimum Gasteiger partial charge on any atom is -0.462 e. The van der Waals surface area contributed by atoms with Crippen molar-refractivity contribution in [2.75, 3.05) is 13.2 Å². The molecule has 2 atom stereocenters. The van der Waals surface area contributed by atoms with E-state index in [1.165, 1.54) is 205 Å². The summed E-state index contributed by atoms with van der Waals surface area (Å²) in [5.41, 5.74) is 0. The van der Waals surface area contributed by atoms with Gasteiger partial charge in [-0.1, -0.05) is 286 Å². The Morgan fingerprint density at radius 1 is 0.308 bits per heavy atom. The average molecular weight is 920 g/mol. The maximum atomic E-state index is 12.9. The highest BCUT2D eigenvalue weighted by molar-refractivity contribution is 5.71. The molecule has 0 N–H and O–H groups in total. The van der Waals surface area contributed by atoms with Crippen LogP contribution in [-0.2, 0) is 28.6 Å². The predicted molar refractivity (Wildman–Crippen MR) is 279 cm³/mol. The van der Waals surface area contributed by atoms with E-state index in [1.54, 1.807) is 0 Å². The summed E-state index contributed by atoms with van der Waals surface area (Å²) >= 11 is 0. The third-order valence-electron chi connectivity index (χ3n) is 13.8. The molecule has 0 aliphatic carbocycles. The predicted octanol–water partition coefficient (Wildman–Crippen LogP) is 19.1. The number of ether oxygens (including phenoxy) is 3. The number of carbonyl (C=O) groups excluding carboxylic acids is 3. The van der Waals surface area contributed by atoms with Crippen LogP contribution in [0.1, 0.15) is 324 Å². The number of hydrogen-bond acceptors (Lipinski definition) is 6. The lowest BCUT2D eigenvalue weighted by Crippen LogP contribution is -2.30. The first-order valence-corrected chi connectivity index (χ1v) is 29.1. The molecule has 0 radical (unpaired) electrons. The highest BCUT2D eigenvalue weighted by Crippen LogP contribution is 2.19. The SMILES string of the molecule is CCC(C)CCCCCCCCCCC(=O)OC[C@@H](COC(=O)CCCCCCCCCCCCCC(C)C)OC(=O)CCCCCCCCCCCCCCCCCCCCC(C)C. The molecule has 6 heteroatoms. The van der Waals surface area contributed by atoms with Crippen LogP contribution in [0.25, 0.3) is 0 Å². The van der Waals surface area contributed by atoms with Crippen molar-refractivity contribution in [3.63, 3.8) is 0 Å². The molecule has 0 saturated carbocycles. The number of esters is 3. The monoisotopic (exact) mass is 919 g/mol. The molecule has 1 unspecified atom stereocenters. The maximum absolute atomic E-state index is 12.9. The van der Waals surface area contributed by atoms with Gasteiger partial charge in [-0.05, 0) is 37.0 Å². The molecule has 0 spiro atoms. The third kappa shape index (κ3) is 51.6. The summed E-state index contributed by atoms with van der Waals surface area (Å²) in [4.78, 5) is 38.1. The van der Waals surface area contributed by atoms with Gasteiger partial charge >= 0.3 is 17.9 Å². The van der Waals surface area contributed by atoms with Crippen molar-refractivity contribution in [3.05, 3.63) is 0 Å². The van der Waals surface area contributed by atoms with Crippen molar-refractivity contribution in [3.8, 4) is 0 Å². The van der Waals surface area contributed by atoms with E-state index in [0.29, 0.717) is 19.3 Å². The van der Waals surface area contributed by atoms with Gasteiger partial charge in [-0.15, -0.1) is 0 Å². The van der Waals surface area contributed by atoms with Crippen LogP contribution in [0.15, 0.2) is 0 Å². The summed E-state index contributed by atoms with van der Waals surface area (Å²) < 4.78 is 16.9. The molecule has 0 aromatic carbocycles. The van der Waals surface area contributed by atoms with Crippen molar-refractivity contribution in [1.82, 2.24) is 0 Å². The molecule has 0 rings (SSSR count). The highest BCUT2D eigenvalue weighted by Gasteiger charge is 2.19. The first-order valence-electron chi connectivity index (χ1n) is 29.1. The zero-order valence-electron chi connectivity index (χ0n) is 44.8. The van der Waals surface area contributed by atoms with E-state index in [1.807, 2.05) is 0 Å². The molecular formula is C59H114O6. The van der Waals surface area contributed by atoms with Crippen LogP contribution < -0.4 is 0 Å². The zero-order chi connectivity index (χ0) is 47.7. The van der Waals surface area contributed by atoms with Gasteiger partial charge in [-0.25, -0.2) is 0 Å². The van der Waals surface area contributed by atoms with Gasteiger partial charge in [0.15, 0.2) is 6.10 Å². The second kappa shape index (κ2) is 50.3. The third-order valence-corrected chi connectivity index (χ3v) is 13.8. The summed E-state index contributed by atoms with van der Waals surface area (Å²) in [6, 6.07) is 0. The largest absolute Gasteiger partial charge is 0.462 e. The Balaban J connectivity index is 4.26. The number of carbonyl (C=O) groups is 3. The van der Waals surface area contributed by atoms with Crippen molar-refractivity contribution in [2.45, 2.75) is 330 Å². The van der Waals surface area contributed by atoms with Gasteiger partial charge in [0.1, 0.15) is 13.2 Å². The van der Waals surface area contributed by atoms with Crippen LogP contribution in [0.5, 0.6) is 0 Å². The highest BCUT2D eigenvalue weighted by atomic mass is 16.6. The first-order chi connectivity index (χ1) is 31.6. The van der Waals surface area contributed by atoms with E-state index in [-0.39, 0.29) is 31.1 Å². The summed E-state index contributed by atoms with van der Waals surface area (Å²) in [6.45, 7) is 13.8. The minimum absolute atomic E-state index is 0.0640. The van der Waals surface area contributed by atoms with Crippen molar-refractivity contribution in [2.24, 2.45) is 17.8 Å². The molecule has 386 valence electrons. The van der Waals surface area contributed by atoms with Gasteiger partial charge in [-0.2, -0.15) is 0 Å². The Morgan fingerprint density at radius 2 is 0.538 bits per heavy atom. The van der Waals surface area contributed by atoms with E-state index in [0.717, 1.165) is 75.5 Å². The summed E-state index contributed by atoms with van der Waals surface area (Å²) in [5, 5.41) is 0. The van der Waals surface area contributed by atoms with E-state index in [4.69, 9.17) is 14.2 Å². The standard InChI is InChI=1S/C59H114O6/c1-7-55(6)47-41-35-29-25-26-31-37-43-49-58(61)64-52-56(51-63-57(60)48-42-36-30-23-20-16-18-22-28-34-40-46-54(4)5)65-59(62)50-44-38-32-24-19-15-13-11-9-8-10-12-14-17-21-27-33-39-45-53(2)3/h53-56H,7-52H2,1-6H3/t55?,56-/m1/s1. The fourth-order valence-corrected chi connectivity index (χ4v) is 8.97. The Labute approximate surface area is 406 Å². The molecule has 0 aliphatic heterocycles. The average Bonchev–Trinajstić information content (AvgIpc) is 3.28. The Kier molecular flexibility index (Phi) is 49.1. The topological polar surface area (TPSA) is 78.9 Å². The molecule has 0 aliphatic rings. The Hall–Kier alpha value is -1.59. The van der Waals surface area contributed by atoms with Gasteiger partial charge in [0.05, 0.1) is 0 Å². The Morgan fingerprint density at radius 3 is 0.800 bits per heavy atom. The summed E-state index contributed by atoms with van der Waals surface area (Å²) in [5.74, 6) is 1.69. The molecule has 0 aromatic rings. The van der Waals surface area contributed by atoms with Crippen molar-refractivity contribution < 1.29 is 28.6 Å². The molecule has 0 heterocycles. The minimum atomic E-state index is -0.764. The van der Waals surface area contributed by atoms with Gasteiger partial charge in [0, 0.05) is 19.3 Å². The lowest BCUT2D eigenvalue weighted by Gasteiger charge is -2.18. The molecule has 6 nitrogen and oxygen atoms in total. The van der Waals surface area contributed by atoms with Gasteiger partial charge in [0.25, 0.3) is 0 Å². The van der Waals surface area contributed by atoms with Gasteiger partial charge < -0.3 is 14.2 Å². The molecule has 0 saturated heterocycles. The quantitative estimate of drug-likeness (QED) is 0.0344. The van der Waals surface area contributed by atoms with E-state index < -0.39 is 6.10 Å². The fourth-order valence-electron chi connectivity index (χ4n) is 8.97. The summed E-state index contributed by atoms with van der Waals surface area (Å²) in [6.07, 6.45) is 52.4. The molecule has 0 fully saturated rings. The van der Waals surface area contributed by atoms with Crippen LogP contribution in [0.4, 0.5) is 0 Å². The second-order valence-corrected chi connectivity index (χ2v) is 21.5. The number of rotatable bonds is 52. The van der Waals surface area contributed by atoms with E-state index in [2.05, 4.69) is 41.5 Å². The first kappa shape index (κ1) is 63.4. The number of unbranched alkanes of at least 4 members (excludes halogenated alkanes) is 34. The van der Waals surface area contributed by atoms with Crippen LogP contribution in [0.2, 0.25) is 0 Å². The van der Waals surface area contributed by atoms with E-state index >= 15 is 0 Å². The lowest BCUT2D eigenvalue weighted by molar-refractivity contribution is -0.167. The molecule has 65 heavy (non-hydrogen) atoms. The van der Waals surface area contributed by atoms with Crippen LogP contribution in [0.3, 0.4) is 0 Å². The van der Waals surface area contributed by atoms with Gasteiger partial charge in [-0.3, -0.25) is 14.4 Å². The molecule has 0 aromatic heterocycles. The number of hydrogen-bond donors (Lipinski definition) is 0. The summed E-state index contributed by atoms with van der Waals surface area (Å²) in [7, 11) is 0. The Bertz CT molecular complexity index is 1010. The smallest absolute Gasteiger partial charge is 0.306 e. The van der Waals surface area contributed by atoms with Crippen LogP contribution in [-0.4, -0.2) is 37.2 Å². The van der Waals surface area contributed by atoms with Gasteiger partial charge in [0.2, 0.25) is 0 Å². The fraction of sp³-hybridized carbons (Fsp3) is 0.949. The molecular weight excluding hydrogens is 805 g/mol. The van der Waals surface area contributed by atoms with Crippen molar-refractivity contribution >= 4 is 17.9 Å². The van der Waals surface area contributed by atoms with Crippen LogP contribution >= 0.6 is 0 Å². The molecule has 0 amide bonds. The normalized spacial score (nSPS) is 12.6. The van der Waals surface area contributed by atoms with Crippen molar-refractivity contribution in [1.29, 1.82) is 0 Å². The van der Waals surface area contributed by atoms with Crippen LogP contribution in [0, 0.1) is 17.8 Å². The van der Waals surface area contributed by atoms with E-state index in [9.17, 15) is 14.4 Å². The lowest BCUT2D eigenvalue weighted by atomic mass is 9.99. The second-order valence-electron chi connectivity index (χ2n) is 21.5.